The maximum atomic E-state index is 13.3. The number of methoxy groups -OCH3 is 1. The van der Waals surface area contributed by atoms with Crippen molar-refractivity contribution in [2.24, 2.45) is 23.7 Å². The van der Waals surface area contributed by atoms with Crippen LogP contribution in [0.4, 0.5) is 0 Å². The van der Waals surface area contributed by atoms with Gasteiger partial charge in [0.05, 0.1) is 34.7 Å². The molecule has 0 amide bonds. The molecule has 3 unspecified atom stereocenters. The van der Waals surface area contributed by atoms with Gasteiger partial charge in [-0.15, -0.1) is 0 Å². The van der Waals surface area contributed by atoms with Gasteiger partial charge in [0.15, 0.2) is 11.5 Å². The molecule has 1 fully saturated rings. The fourth-order valence-electron chi connectivity index (χ4n) is 5.62. The molecular formula is C29H30Cl2O7. The summed E-state index contributed by atoms with van der Waals surface area (Å²) >= 11 is 13.3. The summed E-state index contributed by atoms with van der Waals surface area (Å²) in [6, 6.07) is 3.20. The van der Waals surface area contributed by atoms with E-state index in [1.807, 2.05) is 13.8 Å². The highest BCUT2D eigenvalue weighted by atomic mass is 35.5. The molecular weight excluding hydrogens is 531 g/mol. The van der Waals surface area contributed by atoms with Crippen LogP contribution in [-0.2, 0) is 16.1 Å². The summed E-state index contributed by atoms with van der Waals surface area (Å²) in [7, 11) is 1.41. The minimum absolute atomic E-state index is 0.0155. The number of halogens is 2. The van der Waals surface area contributed by atoms with E-state index in [4.69, 9.17) is 42.1 Å². The van der Waals surface area contributed by atoms with Gasteiger partial charge in [-0.05, 0) is 61.6 Å². The Labute approximate surface area is 231 Å². The molecule has 1 N–H and O–H groups in total. The zero-order valence-corrected chi connectivity index (χ0v) is 23.2. The first-order valence-electron chi connectivity index (χ1n) is 12.7. The third-order valence-corrected chi connectivity index (χ3v) is 8.53. The van der Waals surface area contributed by atoms with E-state index in [-0.39, 0.29) is 68.9 Å². The van der Waals surface area contributed by atoms with E-state index in [0.717, 1.165) is 12.8 Å². The normalized spacial score (nSPS) is 22.2. The Hall–Kier alpha value is -2.74. The molecule has 0 saturated heterocycles. The van der Waals surface area contributed by atoms with Crippen molar-refractivity contribution in [3.8, 4) is 23.0 Å². The van der Waals surface area contributed by atoms with E-state index in [1.165, 1.54) is 7.11 Å². The molecule has 0 spiro atoms. The highest BCUT2D eigenvalue weighted by Crippen LogP contribution is 2.51. The van der Waals surface area contributed by atoms with Gasteiger partial charge in [0.2, 0.25) is 0 Å². The Morgan fingerprint density at radius 3 is 2.55 bits per heavy atom. The predicted molar refractivity (Wildman–Crippen MR) is 142 cm³/mol. The van der Waals surface area contributed by atoms with Crippen molar-refractivity contribution in [2.75, 3.05) is 7.11 Å². The summed E-state index contributed by atoms with van der Waals surface area (Å²) in [5.41, 5.74) is 1.28. The fraction of sp³-hybridized carbons (Fsp3) is 0.448. The number of cyclic esters (lactones) is 1. The average Bonchev–Trinajstić information content (AvgIpc) is 3.51. The van der Waals surface area contributed by atoms with Crippen molar-refractivity contribution < 1.29 is 33.6 Å². The number of ether oxygens (including phenoxy) is 4. The molecule has 3 aliphatic rings. The quantitative estimate of drug-likeness (QED) is 0.231. The van der Waals surface area contributed by atoms with Crippen molar-refractivity contribution >= 4 is 35.1 Å². The van der Waals surface area contributed by atoms with Crippen LogP contribution in [0.5, 0.6) is 23.0 Å². The van der Waals surface area contributed by atoms with Crippen LogP contribution in [0.15, 0.2) is 24.3 Å². The van der Waals surface area contributed by atoms with Gasteiger partial charge < -0.3 is 24.1 Å². The molecule has 5 rings (SSSR count). The Morgan fingerprint density at radius 1 is 1.16 bits per heavy atom. The van der Waals surface area contributed by atoms with Crippen molar-refractivity contribution in [2.45, 2.75) is 52.7 Å². The van der Waals surface area contributed by atoms with Crippen LogP contribution in [0.25, 0.3) is 0 Å². The van der Waals surface area contributed by atoms with E-state index in [1.54, 1.807) is 19.1 Å². The van der Waals surface area contributed by atoms with E-state index in [2.05, 4.69) is 12.2 Å². The van der Waals surface area contributed by atoms with E-state index >= 15 is 0 Å². The van der Waals surface area contributed by atoms with Crippen LogP contribution in [0.3, 0.4) is 0 Å². The highest BCUT2D eigenvalue weighted by Gasteiger charge is 2.42. The third-order valence-electron chi connectivity index (χ3n) is 7.56. The molecule has 7 nitrogen and oxygen atoms in total. The first kappa shape index (κ1) is 26.9. The number of hydrogen-bond acceptors (Lipinski definition) is 7. The van der Waals surface area contributed by atoms with Gasteiger partial charge in [0.1, 0.15) is 23.7 Å². The van der Waals surface area contributed by atoms with Crippen molar-refractivity contribution in [3.05, 3.63) is 56.6 Å². The second kappa shape index (κ2) is 10.4. The third kappa shape index (κ3) is 4.65. The number of aliphatic hydroxyl groups is 1. The van der Waals surface area contributed by atoms with Gasteiger partial charge in [-0.3, -0.25) is 4.79 Å². The van der Waals surface area contributed by atoms with Crippen LogP contribution < -0.4 is 14.2 Å². The Bertz CT molecular complexity index is 1330. The number of carbonyl (C=O) groups excluding carboxylic acids is 2. The number of hydrogen-bond donors (Lipinski definition) is 1. The van der Waals surface area contributed by atoms with Crippen LogP contribution in [0, 0.1) is 30.6 Å². The Balaban J connectivity index is 1.59. The number of benzene rings is 2. The average molecular weight is 561 g/mol. The molecule has 2 bridgehead atoms. The molecule has 9 heteroatoms. The SMILES string of the molecule is COc1c([C@@H](O)CC(C)C)ccc2c1C(=O)OCc1c(Cl)c(C)c(Cl)c(OC(=O)C3CC4C=CC3C4)c1O2. The number of fused-ring (bicyclic) bond motifs is 4. The van der Waals surface area contributed by atoms with E-state index < -0.39 is 12.1 Å². The topological polar surface area (TPSA) is 91.3 Å². The van der Waals surface area contributed by atoms with Crippen LogP contribution >= 0.6 is 23.2 Å². The predicted octanol–water partition coefficient (Wildman–Crippen LogP) is 6.97. The van der Waals surface area contributed by atoms with Gasteiger partial charge in [0, 0.05) is 5.56 Å². The highest BCUT2D eigenvalue weighted by molar-refractivity contribution is 6.38. The van der Waals surface area contributed by atoms with Crippen LogP contribution in [0.2, 0.25) is 10.0 Å². The molecule has 0 radical (unpaired) electrons. The Morgan fingerprint density at radius 2 is 1.92 bits per heavy atom. The zero-order chi connectivity index (χ0) is 27.3. The summed E-state index contributed by atoms with van der Waals surface area (Å²) in [6.07, 6.45) is 5.50. The van der Waals surface area contributed by atoms with Gasteiger partial charge >= 0.3 is 11.9 Å². The number of allylic oxidation sites excluding steroid dienone is 2. The van der Waals surface area contributed by atoms with Crippen molar-refractivity contribution in [3.63, 3.8) is 0 Å². The standard InChI is InChI=1S/C29H30Cl2O7/c1-13(2)9-20(32)17-7-8-21-22(25(17)35-4)29(34)36-12-19-23(30)14(3)24(31)27(26(19)37-21)38-28(33)18-11-15-5-6-16(18)10-15/h5-8,13,15-16,18,20,32H,9-12H2,1-4H3/t15?,16?,18?,20-/m0/s1. The van der Waals surface area contributed by atoms with Crippen LogP contribution in [0.1, 0.15) is 66.3 Å². The first-order chi connectivity index (χ1) is 18.1. The second-order valence-electron chi connectivity index (χ2n) is 10.6. The van der Waals surface area contributed by atoms with Crippen molar-refractivity contribution in [1.82, 2.24) is 0 Å². The Kier molecular flexibility index (Phi) is 7.37. The summed E-state index contributed by atoms with van der Waals surface area (Å²) in [4.78, 5) is 26.5. The minimum atomic E-state index is -0.861. The smallest absolute Gasteiger partial charge is 0.346 e. The molecule has 4 atom stereocenters. The summed E-state index contributed by atoms with van der Waals surface area (Å²) < 4.78 is 23.4. The lowest BCUT2D eigenvalue weighted by atomic mass is 9.94. The number of rotatable bonds is 6. The molecule has 1 aliphatic heterocycles. The minimum Gasteiger partial charge on any atom is -0.495 e. The van der Waals surface area contributed by atoms with Crippen LogP contribution in [-0.4, -0.2) is 24.2 Å². The number of esters is 2. The largest absolute Gasteiger partial charge is 0.495 e. The maximum absolute atomic E-state index is 13.3. The lowest BCUT2D eigenvalue weighted by Crippen LogP contribution is -2.24. The lowest BCUT2D eigenvalue weighted by molar-refractivity contribution is -0.139. The molecule has 0 aromatic heterocycles. The summed E-state index contributed by atoms with van der Waals surface area (Å²) in [5, 5.41) is 11.2. The van der Waals surface area contributed by atoms with E-state index in [0.29, 0.717) is 29.0 Å². The van der Waals surface area contributed by atoms with Gasteiger partial charge in [-0.25, -0.2) is 4.79 Å². The fourth-order valence-corrected chi connectivity index (χ4v) is 6.12. The zero-order valence-electron chi connectivity index (χ0n) is 21.7. The van der Waals surface area contributed by atoms with Gasteiger partial charge in [-0.2, -0.15) is 0 Å². The van der Waals surface area contributed by atoms with Gasteiger partial charge in [-0.1, -0.05) is 49.2 Å². The molecule has 2 aromatic carbocycles. The summed E-state index contributed by atoms with van der Waals surface area (Å²) in [6.45, 7) is 5.43. The maximum Gasteiger partial charge on any atom is 0.346 e. The second-order valence-corrected chi connectivity index (χ2v) is 11.3. The molecule has 202 valence electrons. The molecule has 1 saturated carbocycles. The number of carbonyl (C=O) groups is 2. The monoisotopic (exact) mass is 560 g/mol. The number of aliphatic hydroxyl groups excluding tert-OH is 1. The van der Waals surface area contributed by atoms with Gasteiger partial charge in [0.25, 0.3) is 0 Å². The molecule has 2 aromatic rings. The van der Waals surface area contributed by atoms with E-state index in [9.17, 15) is 14.7 Å². The molecule has 2 aliphatic carbocycles. The van der Waals surface area contributed by atoms with Crippen molar-refractivity contribution in [1.29, 1.82) is 0 Å². The molecule has 1 heterocycles. The summed E-state index contributed by atoms with van der Waals surface area (Å²) in [5.74, 6) is -0.225. The molecule has 38 heavy (non-hydrogen) atoms. The first-order valence-corrected chi connectivity index (χ1v) is 13.5. The lowest BCUT2D eigenvalue weighted by Gasteiger charge is -2.26.